The largest absolute Gasteiger partial charge is 0.351 e. The molecule has 1 aromatic rings. The lowest BCUT2D eigenvalue weighted by molar-refractivity contribution is -0.120. The zero-order valence-corrected chi connectivity index (χ0v) is 13.8. The molecule has 0 aromatic heterocycles. The molecule has 0 bridgehead atoms. The highest BCUT2D eigenvalue weighted by Crippen LogP contribution is 2.35. The van der Waals surface area contributed by atoms with Crippen molar-refractivity contribution in [3.8, 4) is 0 Å². The molecule has 2 aliphatic carbocycles. The Morgan fingerprint density at radius 2 is 1.86 bits per heavy atom. The number of nitrogens with one attached hydrogen (secondary N) is 1. The molecule has 0 aliphatic heterocycles. The second-order valence-electron chi connectivity index (χ2n) is 6.55. The van der Waals surface area contributed by atoms with Crippen LogP contribution in [0.3, 0.4) is 0 Å². The van der Waals surface area contributed by atoms with Crippen LogP contribution in [-0.4, -0.2) is 34.8 Å². The number of carbonyl (C=O) groups is 1. The van der Waals surface area contributed by atoms with Gasteiger partial charge in [-0.05, 0) is 31.2 Å². The fraction of sp³-hybridized carbons (Fsp3) is 0.611. The van der Waals surface area contributed by atoms with Crippen molar-refractivity contribution in [1.29, 1.82) is 0 Å². The Morgan fingerprint density at radius 3 is 2.55 bits per heavy atom. The highest BCUT2D eigenvalue weighted by atomic mass is 35.5. The van der Waals surface area contributed by atoms with Gasteiger partial charge in [0.2, 0.25) is 5.91 Å². The molecule has 0 saturated heterocycles. The standard InChI is InChI=1S/C18H25ClN2O/c19-12-18(22)20-16-8-4-5-9-17(16)21(15-10-11-15)13-14-6-2-1-3-7-14/h1-3,6-7,15-17H,4-5,8-13H2,(H,20,22)/t16-,17-/m1/s1. The summed E-state index contributed by atoms with van der Waals surface area (Å²) in [6.07, 6.45) is 7.30. The van der Waals surface area contributed by atoms with Crippen molar-refractivity contribution in [2.45, 2.75) is 63.2 Å². The third-order valence-corrected chi connectivity index (χ3v) is 5.09. The number of benzene rings is 1. The van der Waals surface area contributed by atoms with E-state index in [4.69, 9.17) is 11.6 Å². The number of alkyl halides is 1. The summed E-state index contributed by atoms with van der Waals surface area (Å²) in [5.41, 5.74) is 1.36. The number of amides is 1. The zero-order chi connectivity index (χ0) is 15.4. The normalized spacial score (nSPS) is 25.2. The Balaban J connectivity index is 1.72. The van der Waals surface area contributed by atoms with Crippen molar-refractivity contribution >= 4 is 17.5 Å². The Labute approximate surface area is 138 Å². The molecule has 3 nitrogen and oxygen atoms in total. The van der Waals surface area contributed by atoms with Gasteiger partial charge >= 0.3 is 0 Å². The van der Waals surface area contributed by atoms with Crippen LogP contribution in [0.2, 0.25) is 0 Å². The maximum absolute atomic E-state index is 11.7. The van der Waals surface area contributed by atoms with Gasteiger partial charge in [0, 0.05) is 24.7 Å². The van der Waals surface area contributed by atoms with Gasteiger partial charge in [0.25, 0.3) is 0 Å². The van der Waals surface area contributed by atoms with Crippen LogP contribution in [0.15, 0.2) is 30.3 Å². The first-order chi connectivity index (χ1) is 10.8. The van der Waals surface area contributed by atoms with Crippen molar-refractivity contribution in [1.82, 2.24) is 10.2 Å². The van der Waals surface area contributed by atoms with Crippen LogP contribution in [0, 0.1) is 0 Å². The smallest absolute Gasteiger partial charge is 0.235 e. The van der Waals surface area contributed by atoms with Gasteiger partial charge < -0.3 is 5.32 Å². The van der Waals surface area contributed by atoms with Crippen molar-refractivity contribution in [3.63, 3.8) is 0 Å². The maximum Gasteiger partial charge on any atom is 0.235 e. The third-order valence-electron chi connectivity index (χ3n) is 4.85. The van der Waals surface area contributed by atoms with Gasteiger partial charge in [0.05, 0.1) is 0 Å². The molecule has 3 rings (SSSR count). The Bertz CT molecular complexity index is 489. The number of carbonyl (C=O) groups excluding carboxylic acids is 1. The summed E-state index contributed by atoms with van der Waals surface area (Å²) in [6.45, 7) is 0.990. The summed E-state index contributed by atoms with van der Waals surface area (Å²) < 4.78 is 0. The summed E-state index contributed by atoms with van der Waals surface area (Å²) in [5.74, 6) is 0.0275. The van der Waals surface area contributed by atoms with E-state index >= 15 is 0 Å². The number of hydrogen-bond acceptors (Lipinski definition) is 2. The van der Waals surface area contributed by atoms with E-state index in [2.05, 4.69) is 40.5 Å². The molecule has 1 N–H and O–H groups in total. The van der Waals surface area contributed by atoms with E-state index in [1.807, 2.05) is 0 Å². The molecular formula is C18H25ClN2O. The van der Waals surface area contributed by atoms with Crippen LogP contribution in [-0.2, 0) is 11.3 Å². The molecule has 0 unspecified atom stereocenters. The van der Waals surface area contributed by atoms with Crippen LogP contribution >= 0.6 is 11.6 Å². The number of hydrogen-bond donors (Lipinski definition) is 1. The SMILES string of the molecule is O=C(CCl)N[C@@H]1CCCC[C@H]1N(Cc1ccccc1)C1CC1. The summed E-state index contributed by atoms with van der Waals surface area (Å²) in [6, 6.07) is 12.1. The fourth-order valence-electron chi connectivity index (χ4n) is 3.64. The molecule has 1 aromatic carbocycles. The van der Waals surface area contributed by atoms with Crippen molar-refractivity contribution in [2.75, 3.05) is 5.88 Å². The Hall–Kier alpha value is -1.06. The molecule has 2 saturated carbocycles. The van der Waals surface area contributed by atoms with E-state index < -0.39 is 0 Å². The van der Waals surface area contributed by atoms with Gasteiger partial charge in [-0.15, -0.1) is 11.6 Å². The molecule has 4 heteroatoms. The lowest BCUT2D eigenvalue weighted by Crippen LogP contribution is -2.54. The molecular weight excluding hydrogens is 296 g/mol. The minimum Gasteiger partial charge on any atom is -0.351 e. The van der Waals surface area contributed by atoms with Gasteiger partial charge in [0.1, 0.15) is 5.88 Å². The van der Waals surface area contributed by atoms with E-state index in [1.54, 1.807) is 0 Å². The van der Waals surface area contributed by atoms with Gasteiger partial charge in [-0.1, -0.05) is 43.2 Å². The van der Waals surface area contributed by atoms with Crippen LogP contribution < -0.4 is 5.32 Å². The van der Waals surface area contributed by atoms with Crippen molar-refractivity contribution in [2.24, 2.45) is 0 Å². The van der Waals surface area contributed by atoms with E-state index in [0.29, 0.717) is 12.1 Å². The zero-order valence-electron chi connectivity index (χ0n) is 13.0. The van der Waals surface area contributed by atoms with Crippen molar-refractivity contribution in [3.05, 3.63) is 35.9 Å². The molecule has 2 atom stereocenters. The lowest BCUT2D eigenvalue weighted by Gasteiger charge is -2.40. The van der Waals surface area contributed by atoms with Gasteiger partial charge in [-0.25, -0.2) is 0 Å². The molecule has 0 radical (unpaired) electrons. The second kappa shape index (κ2) is 7.47. The molecule has 2 aliphatic rings. The summed E-state index contributed by atoms with van der Waals surface area (Å²) in [7, 11) is 0. The van der Waals surface area contributed by atoms with Gasteiger partial charge in [-0.3, -0.25) is 9.69 Å². The van der Waals surface area contributed by atoms with E-state index in [0.717, 1.165) is 13.0 Å². The maximum atomic E-state index is 11.7. The van der Waals surface area contributed by atoms with E-state index in [1.165, 1.54) is 37.7 Å². The van der Waals surface area contributed by atoms with Gasteiger partial charge in [-0.2, -0.15) is 0 Å². The van der Waals surface area contributed by atoms with E-state index in [9.17, 15) is 4.79 Å². The first-order valence-corrected chi connectivity index (χ1v) is 8.96. The van der Waals surface area contributed by atoms with E-state index in [-0.39, 0.29) is 17.8 Å². The van der Waals surface area contributed by atoms with Crippen LogP contribution in [0.1, 0.15) is 44.1 Å². The highest BCUT2D eigenvalue weighted by Gasteiger charge is 2.38. The number of halogens is 1. The number of nitrogens with zero attached hydrogens (tertiary/aromatic N) is 1. The Kier molecular flexibility index (Phi) is 5.37. The predicted octanol–water partition coefficient (Wildman–Crippen LogP) is 3.32. The first-order valence-electron chi connectivity index (χ1n) is 8.43. The summed E-state index contributed by atoms with van der Waals surface area (Å²) in [5, 5.41) is 3.15. The topological polar surface area (TPSA) is 32.3 Å². The van der Waals surface area contributed by atoms with Crippen LogP contribution in [0.5, 0.6) is 0 Å². The predicted molar refractivity (Wildman–Crippen MR) is 89.9 cm³/mol. The quantitative estimate of drug-likeness (QED) is 0.816. The van der Waals surface area contributed by atoms with Crippen molar-refractivity contribution < 1.29 is 4.79 Å². The summed E-state index contributed by atoms with van der Waals surface area (Å²) >= 11 is 5.68. The highest BCUT2D eigenvalue weighted by molar-refractivity contribution is 6.27. The summed E-state index contributed by atoms with van der Waals surface area (Å²) in [4.78, 5) is 14.4. The first kappa shape index (κ1) is 15.8. The minimum atomic E-state index is -0.0333. The second-order valence-corrected chi connectivity index (χ2v) is 6.82. The molecule has 1 amide bonds. The average Bonchev–Trinajstić information content (AvgIpc) is 3.39. The average molecular weight is 321 g/mol. The minimum absolute atomic E-state index is 0.0333. The molecule has 0 spiro atoms. The lowest BCUT2D eigenvalue weighted by atomic mass is 9.88. The fourth-order valence-corrected chi connectivity index (χ4v) is 3.72. The molecule has 22 heavy (non-hydrogen) atoms. The third kappa shape index (κ3) is 4.02. The monoisotopic (exact) mass is 320 g/mol. The van der Waals surface area contributed by atoms with Crippen LogP contribution in [0.4, 0.5) is 0 Å². The molecule has 120 valence electrons. The molecule has 0 heterocycles. The Morgan fingerprint density at radius 1 is 1.14 bits per heavy atom. The molecule has 2 fully saturated rings. The number of rotatable bonds is 6. The van der Waals surface area contributed by atoms with Gasteiger partial charge in [0.15, 0.2) is 0 Å². The van der Waals surface area contributed by atoms with Crippen LogP contribution in [0.25, 0.3) is 0 Å².